The summed E-state index contributed by atoms with van der Waals surface area (Å²) < 4.78 is 40.7. The highest BCUT2D eigenvalue weighted by Crippen LogP contribution is 2.27. The van der Waals surface area contributed by atoms with Crippen molar-refractivity contribution in [2.45, 2.75) is 30.0 Å². The summed E-state index contributed by atoms with van der Waals surface area (Å²) in [6.07, 6.45) is 2.80. The molecule has 3 rings (SSSR count). The minimum absolute atomic E-state index is 0.116. The summed E-state index contributed by atoms with van der Waals surface area (Å²) >= 11 is 6.90. The maximum absolute atomic E-state index is 13.7. The molecule has 0 radical (unpaired) electrons. The molecule has 0 bridgehead atoms. The maximum Gasteiger partial charge on any atom is 0.254 e. The number of sulfonamides is 1. The van der Waals surface area contributed by atoms with Crippen LogP contribution in [-0.2, 0) is 16.6 Å². The molecule has 2 aromatic rings. The Hall–Kier alpha value is -1.48. The molecule has 0 aliphatic carbocycles. The fraction of sp³-hybridized carbons (Fsp3) is 0.353. The van der Waals surface area contributed by atoms with E-state index in [-0.39, 0.29) is 21.3 Å². The lowest BCUT2D eigenvalue weighted by Gasteiger charge is -2.25. The lowest BCUT2D eigenvalue weighted by molar-refractivity contribution is 0.0947. The van der Waals surface area contributed by atoms with Gasteiger partial charge in [-0.1, -0.05) is 18.0 Å². The number of hydrogen-bond donors (Lipinski definition) is 1. The third kappa shape index (κ3) is 4.25. The van der Waals surface area contributed by atoms with Crippen molar-refractivity contribution in [1.82, 2.24) is 9.62 Å². The van der Waals surface area contributed by atoms with Gasteiger partial charge >= 0.3 is 0 Å². The Balaban J connectivity index is 1.67. The number of carbonyl (C=O) groups is 1. The summed E-state index contributed by atoms with van der Waals surface area (Å²) in [6, 6.07) is 6.97. The highest BCUT2D eigenvalue weighted by Gasteiger charge is 2.27. The fourth-order valence-electron chi connectivity index (χ4n) is 2.76. The van der Waals surface area contributed by atoms with Crippen molar-refractivity contribution in [2.75, 3.05) is 13.1 Å². The highest BCUT2D eigenvalue weighted by molar-refractivity contribution is 7.91. The summed E-state index contributed by atoms with van der Waals surface area (Å²) in [6.45, 7) is 1.20. The zero-order valence-electron chi connectivity index (χ0n) is 13.9. The molecule has 1 aromatic carbocycles. The van der Waals surface area contributed by atoms with Gasteiger partial charge in [0.1, 0.15) is 10.0 Å². The number of thiophene rings is 1. The van der Waals surface area contributed by atoms with Crippen LogP contribution in [0.25, 0.3) is 0 Å². The van der Waals surface area contributed by atoms with Crippen LogP contribution in [0, 0.1) is 5.82 Å². The van der Waals surface area contributed by atoms with Gasteiger partial charge in [0.25, 0.3) is 15.9 Å². The molecule has 1 saturated heterocycles. The number of carbonyl (C=O) groups excluding carboxylic acids is 1. The number of rotatable bonds is 5. The Bertz CT molecular complexity index is 908. The van der Waals surface area contributed by atoms with Crippen molar-refractivity contribution in [3.05, 3.63) is 51.6 Å². The standard InChI is InChI=1S/C17H18ClFN2O3S2/c18-12-4-6-15(19)14(10-12)17(22)20-11-13-5-7-16(25-13)26(23,24)21-8-2-1-3-9-21/h4-7,10H,1-3,8-9,11H2,(H,20,22). The molecule has 5 nitrogen and oxygen atoms in total. The van der Waals surface area contributed by atoms with E-state index in [1.807, 2.05) is 0 Å². The Morgan fingerprint density at radius 3 is 2.65 bits per heavy atom. The zero-order valence-corrected chi connectivity index (χ0v) is 16.3. The second-order valence-electron chi connectivity index (χ2n) is 5.99. The molecule has 1 amide bonds. The van der Waals surface area contributed by atoms with E-state index in [1.165, 1.54) is 16.4 Å². The molecule has 0 spiro atoms. The predicted molar refractivity (Wildman–Crippen MR) is 99.5 cm³/mol. The number of halogens is 2. The molecule has 140 valence electrons. The van der Waals surface area contributed by atoms with Gasteiger partial charge in [0.2, 0.25) is 0 Å². The molecule has 26 heavy (non-hydrogen) atoms. The molecular formula is C17H18ClFN2O3S2. The van der Waals surface area contributed by atoms with Gasteiger partial charge in [0.05, 0.1) is 12.1 Å². The van der Waals surface area contributed by atoms with Gasteiger partial charge in [-0.15, -0.1) is 11.3 Å². The van der Waals surface area contributed by atoms with Crippen molar-refractivity contribution in [1.29, 1.82) is 0 Å². The molecule has 0 atom stereocenters. The summed E-state index contributed by atoms with van der Waals surface area (Å²) in [4.78, 5) is 12.8. The number of benzene rings is 1. The van der Waals surface area contributed by atoms with E-state index in [4.69, 9.17) is 11.6 Å². The smallest absolute Gasteiger partial charge is 0.254 e. The first-order valence-corrected chi connectivity index (χ1v) is 10.8. The Morgan fingerprint density at radius 1 is 1.19 bits per heavy atom. The minimum Gasteiger partial charge on any atom is -0.347 e. The lowest BCUT2D eigenvalue weighted by atomic mass is 10.2. The normalized spacial score (nSPS) is 15.8. The monoisotopic (exact) mass is 416 g/mol. The number of hydrogen-bond acceptors (Lipinski definition) is 4. The zero-order chi connectivity index (χ0) is 18.7. The van der Waals surface area contributed by atoms with E-state index in [0.717, 1.165) is 36.7 Å². The van der Waals surface area contributed by atoms with Gasteiger partial charge in [-0.05, 0) is 43.2 Å². The van der Waals surface area contributed by atoms with E-state index in [0.29, 0.717) is 18.0 Å². The summed E-state index contributed by atoms with van der Waals surface area (Å²) in [5.74, 6) is -1.26. The largest absolute Gasteiger partial charge is 0.347 e. The summed E-state index contributed by atoms with van der Waals surface area (Å²) in [5, 5.41) is 2.86. The molecule has 0 saturated carbocycles. The van der Waals surface area contributed by atoms with Crippen LogP contribution < -0.4 is 5.32 Å². The van der Waals surface area contributed by atoms with Crippen LogP contribution in [0.2, 0.25) is 5.02 Å². The predicted octanol–water partition coefficient (Wildman–Crippen LogP) is 3.65. The van der Waals surface area contributed by atoms with Gasteiger partial charge in [-0.25, -0.2) is 12.8 Å². The number of nitrogens with one attached hydrogen (secondary N) is 1. The van der Waals surface area contributed by atoms with Crippen molar-refractivity contribution >= 4 is 38.9 Å². The van der Waals surface area contributed by atoms with Crippen LogP contribution in [0.15, 0.2) is 34.5 Å². The SMILES string of the molecule is O=C(NCc1ccc(S(=O)(=O)N2CCCCC2)s1)c1cc(Cl)ccc1F. The third-order valence-corrected chi connectivity index (χ3v) is 7.83. The first-order chi connectivity index (χ1) is 12.4. The van der Waals surface area contributed by atoms with Gasteiger partial charge in [0, 0.05) is 23.0 Å². The Labute approximate surface area is 160 Å². The van der Waals surface area contributed by atoms with Crippen LogP contribution in [0.3, 0.4) is 0 Å². The lowest BCUT2D eigenvalue weighted by Crippen LogP contribution is -2.35. The molecular weight excluding hydrogens is 399 g/mol. The van der Waals surface area contributed by atoms with Crippen molar-refractivity contribution in [3.8, 4) is 0 Å². The van der Waals surface area contributed by atoms with E-state index in [1.54, 1.807) is 12.1 Å². The second kappa shape index (κ2) is 8.04. The van der Waals surface area contributed by atoms with Crippen molar-refractivity contribution in [3.63, 3.8) is 0 Å². The van der Waals surface area contributed by atoms with Gasteiger partial charge in [-0.3, -0.25) is 4.79 Å². The number of amides is 1. The average molecular weight is 417 g/mol. The minimum atomic E-state index is -3.48. The first-order valence-electron chi connectivity index (χ1n) is 8.20. The Morgan fingerprint density at radius 2 is 1.92 bits per heavy atom. The first kappa shape index (κ1) is 19.3. The van der Waals surface area contributed by atoms with Crippen LogP contribution >= 0.6 is 22.9 Å². The quantitative estimate of drug-likeness (QED) is 0.809. The van der Waals surface area contributed by atoms with Crippen LogP contribution in [0.1, 0.15) is 34.5 Å². The topological polar surface area (TPSA) is 66.5 Å². The average Bonchev–Trinajstić information content (AvgIpc) is 3.12. The summed E-state index contributed by atoms with van der Waals surface area (Å²) in [5.41, 5.74) is -0.143. The molecule has 1 aliphatic rings. The van der Waals surface area contributed by atoms with Crippen molar-refractivity contribution < 1.29 is 17.6 Å². The fourth-order valence-corrected chi connectivity index (χ4v) is 5.90. The molecule has 1 aliphatic heterocycles. The molecule has 2 heterocycles. The highest BCUT2D eigenvalue weighted by atomic mass is 35.5. The van der Waals surface area contributed by atoms with Gasteiger partial charge < -0.3 is 5.32 Å². The third-order valence-electron chi connectivity index (χ3n) is 4.14. The van der Waals surface area contributed by atoms with E-state index in [2.05, 4.69) is 5.32 Å². The van der Waals surface area contributed by atoms with Gasteiger partial charge in [0.15, 0.2) is 0 Å². The van der Waals surface area contributed by atoms with Crippen LogP contribution in [-0.4, -0.2) is 31.7 Å². The van der Waals surface area contributed by atoms with E-state index < -0.39 is 21.7 Å². The Kier molecular flexibility index (Phi) is 5.96. The second-order valence-corrected chi connectivity index (χ2v) is 9.76. The van der Waals surface area contributed by atoms with Crippen molar-refractivity contribution in [2.24, 2.45) is 0 Å². The molecule has 9 heteroatoms. The molecule has 0 unspecified atom stereocenters. The van der Waals surface area contributed by atoms with Crippen LogP contribution in [0.5, 0.6) is 0 Å². The molecule has 1 N–H and O–H groups in total. The maximum atomic E-state index is 13.7. The van der Waals surface area contributed by atoms with Gasteiger partial charge in [-0.2, -0.15) is 4.31 Å². The van der Waals surface area contributed by atoms with E-state index >= 15 is 0 Å². The number of piperidine rings is 1. The van der Waals surface area contributed by atoms with Crippen LogP contribution in [0.4, 0.5) is 4.39 Å². The van der Waals surface area contributed by atoms with E-state index in [9.17, 15) is 17.6 Å². The molecule has 1 aromatic heterocycles. The summed E-state index contributed by atoms with van der Waals surface area (Å²) in [7, 11) is -3.48. The number of nitrogens with zero attached hydrogens (tertiary/aromatic N) is 1. The molecule has 1 fully saturated rings.